The maximum Gasteiger partial charge on any atom is 0.145 e. The molecule has 0 atom stereocenters. The van der Waals surface area contributed by atoms with Crippen LogP contribution in [0, 0.1) is 5.82 Å². The molecular weight excluding hydrogens is 237 g/mol. The standard InChI is InChI=1S/C14H17ClFN/c1-2-8-17-9-6-11(7-10-17)12-4-3-5-13(15)14(12)16/h2-5,11H,1,6-10H2. The Labute approximate surface area is 107 Å². The van der Waals surface area contributed by atoms with E-state index in [0.717, 1.165) is 38.0 Å². The van der Waals surface area contributed by atoms with Gasteiger partial charge in [-0.25, -0.2) is 4.39 Å². The van der Waals surface area contributed by atoms with Crippen LogP contribution in [0.5, 0.6) is 0 Å². The number of hydrogen-bond acceptors (Lipinski definition) is 1. The van der Waals surface area contributed by atoms with Crippen molar-refractivity contribution < 1.29 is 4.39 Å². The smallest absolute Gasteiger partial charge is 0.145 e. The summed E-state index contributed by atoms with van der Waals surface area (Å²) in [5, 5.41) is 0.232. The summed E-state index contributed by atoms with van der Waals surface area (Å²) in [4.78, 5) is 2.34. The second-order valence-corrected chi connectivity index (χ2v) is 4.91. The molecular formula is C14H17ClFN. The van der Waals surface area contributed by atoms with Gasteiger partial charge in [-0.3, -0.25) is 4.90 Å². The fourth-order valence-electron chi connectivity index (χ4n) is 2.44. The molecule has 2 rings (SSSR count). The van der Waals surface area contributed by atoms with Crippen LogP contribution in [0.25, 0.3) is 0 Å². The van der Waals surface area contributed by atoms with Crippen LogP contribution >= 0.6 is 11.6 Å². The van der Waals surface area contributed by atoms with Crippen LogP contribution in [0.2, 0.25) is 5.02 Å². The maximum atomic E-state index is 13.9. The number of likely N-dealkylation sites (tertiary alicyclic amines) is 1. The van der Waals surface area contributed by atoms with E-state index < -0.39 is 0 Å². The van der Waals surface area contributed by atoms with Crippen molar-refractivity contribution in [3.63, 3.8) is 0 Å². The SMILES string of the molecule is C=CCN1CCC(c2cccc(Cl)c2F)CC1. The fourth-order valence-corrected chi connectivity index (χ4v) is 2.63. The molecule has 17 heavy (non-hydrogen) atoms. The van der Waals surface area contributed by atoms with Crippen LogP contribution < -0.4 is 0 Å². The van der Waals surface area contributed by atoms with Gasteiger partial charge in [-0.1, -0.05) is 29.8 Å². The van der Waals surface area contributed by atoms with Crippen molar-refractivity contribution >= 4 is 11.6 Å². The van der Waals surface area contributed by atoms with Crippen LogP contribution in [-0.4, -0.2) is 24.5 Å². The predicted octanol–water partition coefficient (Wildman–Crippen LogP) is 3.84. The lowest BCUT2D eigenvalue weighted by atomic mass is 9.89. The third kappa shape index (κ3) is 2.88. The summed E-state index contributed by atoms with van der Waals surface area (Å²) in [5.74, 6) is 0.0612. The normalized spacial score (nSPS) is 18.2. The summed E-state index contributed by atoms with van der Waals surface area (Å²) in [6.07, 6.45) is 3.90. The van der Waals surface area contributed by atoms with E-state index in [0.29, 0.717) is 5.92 Å². The van der Waals surface area contributed by atoms with Gasteiger partial charge in [0.2, 0.25) is 0 Å². The van der Waals surface area contributed by atoms with Gasteiger partial charge >= 0.3 is 0 Å². The molecule has 0 unspecified atom stereocenters. The summed E-state index contributed by atoms with van der Waals surface area (Å²) in [7, 11) is 0. The zero-order chi connectivity index (χ0) is 12.3. The predicted molar refractivity (Wildman–Crippen MR) is 70.0 cm³/mol. The van der Waals surface area contributed by atoms with Crippen molar-refractivity contribution in [3.8, 4) is 0 Å². The van der Waals surface area contributed by atoms with Crippen molar-refractivity contribution in [2.75, 3.05) is 19.6 Å². The van der Waals surface area contributed by atoms with E-state index >= 15 is 0 Å². The first-order valence-corrected chi connectivity index (χ1v) is 6.37. The molecule has 92 valence electrons. The maximum absolute atomic E-state index is 13.9. The van der Waals surface area contributed by atoms with Gasteiger partial charge in [0, 0.05) is 6.54 Å². The summed E-state index contributed by atoms with van der Waals surface area (Å²) in [5.41, 5.74) is 0.774. The van der Waals surface area contributed by atoms with Crippen LogP contribution in [0.4, 0.5) is 4.39 Å². The molecule has 0 aromatic heterocycles. The number of benzene rings is 1. The van der Waals surface area contributed by atoms with Crippen LogP contribution in [0.1, 0.15) is 24.3 Å². The van der Waals surface area contributed by atoms with Gasteiger partial charge in [-0.2, -0.15) is 0 Å². The first-order chi connectivity index (χ1) is 8.22. The lowest BCUT2D eigenvalue weighted by molar-refractivity contribution is 0.231. The number of hydrogen-bond donors (Lipinski definition) is 0. The zero-order valence-corrected chi connectivity index (χ0v) is 10.6. The highest BCUT2D eigenvalue weighted by atomic mass is 35.5. The molecule has 0 radical (unpaired) electrons. The minimum absolute atomic E-state index is 0.232. The van der Waals surface area contributed by atoms with Gasteiger partial charge in [-0.15, -0.1) is 6.58 Å². The zero-order valence-electron chi connectivity index (χ0n) is 9.83. The highest BCUT2D eigenvalue weighted by Crippen LogP contribution is 2.32. The molecule has 0 spiro atoms. The highest BCUT2D eigenvalue weighted by molar-refractivity contribution is 6.30. The number of nitrogens with zero attached hydrogens (tertiary/aromatic N) is 1. The van der Waals surface area contributed by atoms with Gasteiger partial charge < -0.3 is 0 Å². The lowest BCUT2D eigenvalue weighted by Crippen LogP contribution is -2.33. The van der Waals surface area contributed by atoms with Crippen molar-refractivity contribution in [2.24, 2.45) is 0 Å². The van der Waals surface area contributed by atoms with Gasteiger partial charge in [0.25, 0.3) is 0 Å². The fraction of sp³-hybridized carbons (Fsp3) is 0.429. The molecule has 1 aromatic carbocycles. The molecule has 3 heteroatoms. The molecule has 1 aliphatic rings. The average Bonchev–Trinajstić information content (AvgIpc) is 2.34. The van der Waals surface area contributed by atoms with Gasteiger partial charge in [0.15, 0.2) is 0 Å². The first-order valence-electron chi connectivity index (χ1n) is 5.99. The average molecular weight is 254 g/mol. The highest BCUT2D eigenvalue weighted by Gasteiger charge is 2.22. The topological polar surface area (TPSA) is 3.24 Å². The summed E-state index contributed by atoms with van der Waals surface area (Å²) >= 11 is 5.81. The van der Waals surface area contributed by atoms with Gasteiger partial charge in [0.05, 0.1) is 5.02 Å². The Morgan fingerprint density at radius 3 is 2.76 bits per heavy atom. The van der Waals surface area contributed by atoms with Crippen LogP contribution in [-0.2, 0) is 0 Å². The monoisotopic (exact) mass is 253 g/mol. The molecule has 0 amide bonds. The molecule has 0 N–H and O–H groups in total. The van der Waals surface area contributed by atoms with Crippen LogP contribution in [0.3, 0.4) is 0 Å². The largest absolute Gasteiger partial charge is 0.300 e. The summed E-state index contributed by atoms with van der Waals surface area (Å²) in [6.45, 7) is 6.67. The molecule has 1 nitrogen and oxygen atoms in total. The Kier molecular flexibility index (Phi) is 4.19. The Bertz CT molecular complexity index is 397. The number of halogens is 2. The molecule has 1 heterocycles. The molecule has 0 aliphatic carbocycles. The molecule has 0 bridgehead atoms. The number of rotatable bonds is 3. The Morgan fingerprint density at radius 1 is 1.41 bits per heavy atom. The third-order valence-electron chi connectivity index (χ3n) is 3.40. The van der Waals surface area contributed by atoms with E-state index in [4.69, 9.17) is 11.6 Å². The van der Waals surface area contributed by atoms with E-state index in [2.05, 4.69) is 11.5 Å². The second kappa shape index (κ2) is 5.65. The number of piperidine rings is 1. The van der Waals surface area contributed by atoms with Crippen molar-refractivity contribution in [2.45, 2.75) is 18.8 Å². The minimum Gasteiger partial charge on any atom is -0.300 e. The summed E-state index contributed by atoms with van der Waals surface area (Å²) in [6, 6.07) is 5.29. The van der Waals surface area contributed by atoms with Gasteiger partial charge in [0.1, 0.15) is 5.82 Å². The quantitative estimate of drug-likeness (QED) is 0.740. The molecule has 1 aliphatic heterocycles. The molecule has 1 aromatic rings. The van der Waals surface area contributed by atoms with Crippen molar-refractivity contribution in [3.05, 3.63) is 47.3 Å². The van der Waals surface area contributed by atoms with E-state index in [1.54, 1.807) is 6.07 Å². The second-order valence-electron chi connectivity index (χ2n) is 4.51. The lowest BCUT2D eigenvalue weighted by Gasteiger charge is -2.31. The van der Waals surface area contributed by atoms with E-state index in [1.807, 2.05) is 18.2 Å². The molecule has 1 fully saturated rings. The summed E-state index contributed by atoms with van der Waals surface area (Å²) < 4.78 is 13.9. The van der Waals surface area contributed by atoms with Crippen molar-refractivity contribution in [1.29, 1.82) is 0 Å². The Hall–Kier alpha value is -0.860. The molecule has 1 saturated heterocycles. The van der Waals surface area contributed by atoms with Crippen molar-refractivity contribution in [1.82, 2.24) is 4.90 Å². The van der Waals surface area contributed by atoms with E-state index in [-0.39, 0.29) is 10.8 Å². The Morgan fingerprint density at radius 2 is 2.12 bits per heavy atom. The Balaban J connectivity index is 2.05. The van der Waals surface area contributed by atoms with E-state index in [9.17, 15) is 4.39 Å². The molecule has 0 saturated carbocycles. The van der Waals surface area contributed by atoms with Crippen LogP contribution in [0.15, 0.2) is 30.9 Å². The third-order valence-corrected chi connectivity index (χ3v) is 3.69. The van der Waals surface area contributed by atoms with Gasteiger partial charge in [-0.05, 0) is 43.5 Å². The minimum atomic E-state index is -0.240. The first kappa shape index (κ1) is 12.6. The van der Waals surface area contributed by atoms with E-state index in [1.165, 1.54) is 0 Å².